The third-order valence-electron chi connectivity index (χ3n) is 3.60. The standard InChI is InChI=1S/C11H15NO2.C9H11NO2/c1-4-14-11-7-10(12(2)3)6-5-9(11)8-13;1-10(2)8-4-3-7(6-11)9(12)5-8/h5-8H,4H2,1-3H3;3-6,12H,1-2H3. The fourth-order valence-corrected chi connectivity index (χ4v) is 2.09. The van der Waals surface area contributed by atoms with E-state index in [2.05, 4.69) is 0 Å². The Bertz CT molecular complexity index is 743. The van der Waals surface area contributed by atoms with Crippen LogP contribution in [0.1, 0.15) is 27.6 Å². The van der Waals surface area contributed by atoms with Crippen LogP contribution in [0.5, 0.6) is 11.5 Å². The number of carbonyl (C=O) groups is 2. The fraction of sp³-hybridized carbons (Fsp3) is 0.300. The summed E-state index contributed by atoms with van der Waals surface area (Å²) < 4.78 is 5.36. The first-order chi connectivity index (χ1) is 12.3. The summed E-state index contributed by atoms with van der Waals surface area (Å²) in [7, 11) is 7.64. The summed E-state index contributed by atoms with van der Waals surface area (Å²) >= 11 is 0. The number of hydrogen-bond acceptors (Lipinski definition) is 6. The summed E-state index contributed by atoms with van der Waals surface area (Å²) in [6, 6.07) is 10.5. The van der Waals surface area contributed by atoms with Crippen molar-refractivity contribution >= 4 is 23.9 Å². The van der Waals surface area contributed by atoms with Crippen LogP contribution < -0.4 is 14.5 Å². The molecule has 1 N–H and O–H groups in total. The number of rotatable bonds is 6. The molecule has 0 aliphatic heterocycles. The number of hydrogen-bond donors (Lipinski definition) is 1. The van der Waals surface area contributed by atoms with Gasteiger partial charge >= 0.3 is 0 Å². The van der Waals surface area contributed by atoms with Crippen LogP contribution in [-0.2, 0) is 0 Å². The smallest absolute Gasteiger partial charge is 0.153 e. The first-order valence-electron chi connectivity index (χ1n) is 8.18. The molecule has 0 amide bonds. The van der Waals surface area contributed by atoms with Crippen LogP contribution in [0.15, 0.2) is 36.4 Å². The molecule has 6 heteroatoms. The first-order valence-corrected chi connectivity index (χ1v) is 8.18. The van der Waals surface area contributed by atoms with Gasteiger partial charge in [0, 0.05) is 51.7 Å². The number of carbonyl (C=O) groups excluding carboxylic acids is 2. The molecule has 140 valence electrons. The van der Waals surface area contributed by atoms with Gasteiger partial charge in [0.2, 0.25) is 0 Å². The second-order valence-corrected chi connectivity index (χ2v) is 5.92. The van der Waals surface area contributed by atoms with E-state index in [4.69, 9.17) is 4.74 Å². The maximum Gasteiger partial charge on any atom is 0.153 e. The number of anilines is 2. The van der Waals surface area contributed by atoms with Crippen molar-refractivity contribution in [3.63, 3.8) is 0 Å². The van der Waals surface area contributed by atoms with Gasteiger partial charge in [-0.15, -0.1) is 0 Å². The summed E-state index contributed by atoms with van der Waals surface area (Å²) in [6.07, 6.45) is 1.44. The summed E-state index contributed by atoms with van der Waals surface area (Å²) in [4.78, 5) is 24.8. The Morgan fingerprint density at radius 3 is 1.81 bits per heavy atom. The zero-order valence-electron chi connectivity index (χ0n) is 15.9. The van der Waals surface area contributed by atoms with Crippen molar-refractivity contribution in [2.75, 3.05) is 44.6 Å². The highest BCUT2D eigenvalue weighted by atomic mass is 16.5. The number of aldehydes is 2. The van der Waals surface area contributed by atoms with E-state index in [9.17, 15) is 14.7 Å². The van der Waals surface area contributed by atoms with Gasteiger partial charge in [0.15, 0.2) is 12.6 Å². The van der Waals surface area contributed by atoms with Crippen LogP contribution in [0.4, 0.5) is 11.4 Å². The van der Waals surface area contributed by atoms with E-state index in [0.29, 0.717) is 29.8 Å². The van der Waals surface area contributed by atoms with Gasteiger partial charge in [0.25, 0.3) is 0 Å². The maximum absolute atomic E-state index is 10.7. The highest BCUT2D eigenvalue weighted by Gasteiger charge is 2.05. The zero-order valence-corrected chi connectivity index (χ0v) is 15.9. The highest BCUT2D eigenvalue weighted by Crippen LogP contribution is 2.23. The van der Waals surface area contributed by atoms with Crippen molar-refractivity contribution in [3.05, 3.63) is 47.5 Å². The minimum Gasteiger partial charge on any atom is -0.507 e. The second kappa shape index (κ2) is 10.1. The number of benzene rings is 2. The molecular weight excluding hydrogens is 332 g/mol. The van der Waals surface area contributed by atoms with Crippen LogP contribution in [-0.4, -0.2) is 52.5 Å². The van der Waals surface area contributed by atoms with Crippen LogP contribution in [0.3, 0.4) is 0 Å². The minimum absolute atomic E-state index is 0.0243. The van der Waals surface area contributed by atoms with E-state index in [1.54, 1.807) is 24.3 Å². The quantitative estimate of drug-likeness (QED) is 0.800. The summed E-state index contributed by atoms with van der Waals surface area (Å²) in [5.41, 5.74) is 2.82. The van der Waals surface area contributed by atoms with Gasteiger partial charge in [-0.3, -0.25) is 9.59 Å². The van der Waals surface area contributed by atoms with E-state index in [1.165, 1.54) is 0 Å². The lowest BCUT2D eigenvalue weighted by atomic mass is 10.2. The third-order valence-corrected chi connectivity index (χ3v) is 3.60. The van der Waals surface area contributed by atoms with E-state index in [-0.39, 0.29) is 5.75 Å². The Morgan fingerprint density at radius 2 is 1.38 bits per heavy atom. The second-order valence-electron chi connectivity index (χ2n) is 5.92. The van der Waals surface area contributed by atoms with Gasteiger partial charge in [-0.05, 0) is 31.2 Å². The number of phenols is 1. The Hall–Kier alpha value is -3.02. The molecular formula is C20H26N2O4. The molecule has 0 aliphatic carbocycles. The molecule has 2 rings (SSSR count). The third kappa shape index (κ3) is 5.81. The number of nitrogens with zero attached hydrogens (tertiary/aromatic N) is 2. The zero-order chi connectivity index (χ0) is 19.7. The van der Waals surface area contributed by atoms with Crippen LogP contribution in [0.2, 0.25) is 0 Å². The molecule has 0 saturated heterocycles. The van der Waals surface area contributed by atoms with Crippen LogP contribution in [0.25, 0.3) is 0 Å². The first kappa shape index (κ1) is 21.0. The largest absolute Gasteiger partial charge is 0.507 e. The average Bonchev–Trinajstić information content (AvgIpc) is 2.62. The molecule has 0 spiro atoms. The molecule has 0 aromatic heterocycles. The normalized spacial score (nSPS) is 9.58. The Morgan fingerprint density at radius 1 is 0.885 bits per heavy atom. The van der Waals surface area contributed by atoms with Crippen molar-refractivity contribution in [2.45, 2.75) is 6.92 Å². The highest BCUT2D eigenvalue weighted by molar-refractivity contribution is 5.81. The van der Waals surface area contributed by atoms with Crippen molar-refractivity contribution in [2.24, 2.45) is 0 Å². The predicted octanol–water partition coefficient (Wildman–Crippen LogP) is 3.23. The van der Waals surface area contributed by atoms with Gasteiger partial charge in [0.1, 0.15) is 11.5 Å². The number of phenolic OH excluding ortho intramolecular Hbond substituents is 1. The lowest BCUT2D eigenvalue weighted by Gasteiger charge is -2.14. The van der Waals surface area contributed by atoms with E-state index in [0.717, 1.165) is 17.7 Å². The number of aromatic hydroxyl groups is 1. The molecule has 2 aromatic carbocycles. The predicted molar refractivity (Wildman–Crippen MR) is 105 cm³/mol. The summed E-state index contributed by atoms with van der Waals surface area (Å²) in [6.45, 7) is 2.47. The minimum atomic E-state index is 0.0243. The molecule has 0 heterocycles. The Kier molecular flexibility index (Phi) is 8.15. The summed E-state index contributed by atoms with van der Waals surface area (Å²) in [5.74, 6) is 0.671. The lowest BCUT2D eigenvalue weighted by molar-refractivity contribution is 0.111. The Balaban J connectivity index is 0.000000263. The lowest BCUT2D eigenvalue weighted by Crippen LogP contribution is -2.09. The van der Waals surface area contributed by atoms with Gasteiger partial charge in [-0.1, -0.05) is 0 Å². The molecule has 2 aromatic rings. The van der Waals surface area contributed by atoms with Gasteiger partial charge in [0.05, 0.1) is 17.7 Å². The molecule has 0 atom stereocenters. The van der Waals surface area contributed by atoms with Gasteiger partial charge < -0.3 is 19.6 Å². The fourth-order valence-electron chi connectivity index (χ4n) is 2.09. The SMILES string of the molecule is CCOc1cc(N(C)C)ccc1C=O.CN(C)c1ccc(C=O)c(O)c1. The van der Waals surface area contributed by atoms with E-state index >= 15 is 0 Å². The van der Waals surface area contributed by atoms with Gasteiger partial charge in [-0.2, -0.15) is 0 Å². The molecule has 0 bridgehead atoms. The topological polar surface area (TPSA) is 70.1 Å². The maximum atomic E-state index is 10.7. The molecule has 0 radical (unpaired) electrons. The van der Waals surface area contributed by atoms with Gasteiger partial charge in [-0.25, -0.2) is 0 Å². The van der Waals surface area contributed by atoms with Crippen LogP contribution in [0, 0.1) is 0 Å². The van der Waals surface area contributed by atoms with Crippen molar-refractivity contribution in [1.29, 1.82) is 0 Å². The molecule has 0 unspecified atom stereocenters. The van der Waals surface area contributed by atoms with E-state index in [1.807, 2.05) is 57.0 Å². The molecule has 6 nitrogen and oxygen atoms in total. The monoisotopic (exact) mass is 358 g/mol. The van der Waals surface area contributed by atoms with Crippen molar-refractivity contribution < 1.29 is 19.4 Å². The molecule has 0 saturated carbocycles. The Labute approximate surface area is 154 Å². The molecule has 0 aliphatic rings. The molecule has 0 fully saturated rings. The number of ether oxygens (including phenoxy) is 1. The van der Waals surface area contributed by atoms with Crippen molar-refractivity contribution in [3.8, 4) is 11.5 Å². The average molecular weight is 358 g/mol. The van der Waals surface area contributed by atoms with Crippen molar-refractivity contribution in [1.82, 2.24) is 0 Å². The van der Waals surface area contributed by atoms with Crippen LogP contribution >= 0.6 is 0 Å². The summed E-state index contributed by atoms with van der Waals surface area (Å²) in [5, 5.41) is 9.28. The molecule has 26 heavy (non-hydrogen) atoms. The van der Waals surface area contributed by atoms with E-state index < -0.39 is 0 Å².